The molecule has 1 aliphatic heterocycles. The molecule has 2 aromatic rings. The number of nitrogen functional groups attached to an aromatic ring is 1. The Balaban J connectivity index is 1.97. The van der Waals surface area contributed by atoms with E-state index in [9.17, 15) is 0 Å². The van der Waals surface area contributed by atoms with Gasteiger partial charge in [0, 0.05) is 19.8 Å². The number of fused-ring (bicyclic) bond motifs is 1. The van der Waals surface area contributed by atoms with Gasteiger partial charge in [0.1, 0.15) is 0 Å². The normalized spacial score (nSPS) is 17.2. The Morgan fingerprint density at radius 1 is 1.26 bits per heavy atom. The van der Waals surface area contributed by atoms with Crippen molar-refractivity contribution >= 4 is 40.2 Å². The lowest BCUT2D eigenvalue weighted by Gasteiger charge is -2.23. The number of hydrogen-bond acceptors (Lipinski definition) is 3. The third kappa shape index (κ3) is 2.53. The average Bonchev–Trinajstić information content (AvgIpc) is 2.68. The first-order chi connectivity index (χ1) is 9.15. The van der Waals surface area contributed by atoms with Gasteiger partial charge in [0.05, 0.1) is 21.1 Å². The molecule has 1 fully saturated rings. The van der Waals surface area contributed by atoms with Crippen molar-refractivity contribution in [3.63, 3.8) is 0 Å². The van der Waals surface area contributed by atoms with Crippen molar-refractivity contribution in [1.29, 1.82) is 0 Å². The van der Waals surface area contributed by atoms with Crippen LogP contribution in [0.1, 0.15) is 12.8 Å². The highest BCUT2D eigenvalue weighted by Crippen LogP contribution is 2.30. The van der Waals surface area contributed by atoms with Crippen LogP contribution >= 0.6 is 23.2 Å². The average molecular weight is 300 g/mol. The molecule has 4 nitrogen and oxygen atoms in total. The molecule has 1 aromatic carbocycles. The molecule has 0 atom stereocenters. The molecule has 3 rings (SSSR count). The summed E-state index contributed by atoms with van der Waals surface area (Å²) < 4.78 is 7.40. The summed E-state index contributed by atoms with van der Waals surface area (Å²) in [6.07, 6.45) is 2.11. The molecule has 2 heterocycles. The predicted molar refractivity (Wildman–Crippen MR) is 77.7 cm³/mol. The van der Waals surface area contributed by atoms with Crippen molar-refractivity contribution in [2.24, 2.45) is 5.92 Å². The SMILES string of the molecule is Nc1nc2cc(Cl)c(Cl)cc2n1CC1CCOCC1. The topological polar surface area (TPSA) is 53.1 Å². The second kappa shape index (κ2) is 5.19. The molecule has 6 heteroatoms. The molecule has 0 unspecified atom stereocenters. The molecule has 1 aromatic heterocycles. The lowest BCUT2D eigenvalue weighted by molar-refractivity contribution is 0.0618. The van der Waals surface area contributed by atoms with E-state index >= 15 is 0 Å². The molecular formula is C13H15Cl2N3O. The van der Waals surface area contributed by atoms with Gasteiger partial charge < -0.3 is 15.0 Å². The van der Waals surface area contributed by atoms with Crippen LogP contribution < -0.4 is 5.73 Å². The number of rotatable bonds is 2. The van der Waals surface area contributed by atoms with Crippen molar-refractivity contribution < 1.29 is 4.74 Å². The number of halogens is 2. The smallest absolute Gasteiger partial charge is 0.201 e. The number of ether oxygens (including phenoxy) is 1. The molecule has 0 amide bonds. The van der Waals surface area contributed by atoms with Gasteiger partial charge in [0.25, 0.3) is 0 Å². The number of imidazole rings is 1. The van der Waals surface area contributed by atoms with Gasteiger partial charge in [-0.25, -0.2) is 4.98 Å². The standard InChI is InChI=1S/C13H15Cl2N3O/c14-9-5-11-12(6-10(9)15)18(13(16)17-11)7-8-1-3-19-4-2-8/h5-6,8H,1-4,7H2,(H2,16,17). The van der Waals surface area contributed by atoms with E-state index in [1.807, 2.05) is 10.6 Å². The zero-order valence-electron chi connectivity index (χ0n) is 10.4. The van der Waals surface area contributed by atoms with E-state index in [2.05, 4.69) is 4.98 Å². The van der Waals surface area contributed by atoms with E-state index in [0.717, 1.165) is 43.6 Å². The van der Waals surface area contributed by atoms with Gasteiger partial charge in [-0.1, -0.05) is 23.2 Å². The van der Waals surface area contributed by atoms with Crippen LogP contribution in [0.3, 0.4) is 0 Å². The summed E-state index contributed by atoms with van der Waals surface area (Å²) in [5, 5.41) is 1.03. The second-order valence-electron chi connectivity index (χ2n) is 4.89. The molecule has 1 aliphatic rings. The summed E-state index contributed by atoms with van der Waals surface area (Å²) in [5.74, 6) is 1.09. The van der Waals surface area contributed by atoms with Gasteiger partial charge in [0.15, 0.2) is 0 Å². The minimum absolute atomic E-state index is 0.505. The largest absolute Gasteiger partial charge is 0.381 e. The number of anilines is 1. The summed E-state index contributed by atoms with van der Waals surface area (Å²) in [4.78, 5) is 4.35. The Morgan fingerprint density at radius 2 is 1.95 bits per heavy atom. The summed E-state index contributed by atoms with van der Waals surface area (Å²) >= 11 is 12.1. The fourth-order valence-corrected chi connectivity index (χ4v) is 2.83. The maximum Gasteiger partial charge on any atom is 0.201 e. The number of aromatic nitrogens is 2. The van der Waals surface area contributed by atoms with Gasteiger partial charge in [-0.05, 0) is 30.9 Å². The van der Waals surface area contributed by atoms with E-state index in [-0.39, 0.29) is 0 Å². The highest BCUT2D eigenvalue weighted by Gasteiger charge is 2.18. The second-order valence-corrected chi connectivity index (χ2v) is 5.71. The molecule has 0 saturated carbocycles. The van der Waals surface area contributed by atoms with Crippen molar-refractivity contribution in [1.82, 2.24) is 9.55 Å². The van der Waals surface area contributed by atoms with Crippen LogP contribution in [-0.4, -0.2) is 22.8 Å². The van der Waals surface area contributed by atoms with Crippen molar-refractivity contribution in [2.75, 3.05) is 18.9 Å². The first-order valence-electron chi connectivity index (χ1n) is 6.33. The number of hydrogen-bond donors (Lipinski definition) is 1. The molecule has 102 valence electrons. The summed E-state index contributed by atoms with van der Waals surface area (Å²) in [5.41, 5.74) is 7.74. The quantitative estimate of drug-likeness (QED) is 0.925. The summed E-state index contributed by atoms with van der Waals surface area (Å²) in [7, 11) is 0. The third-order valence-electron chi connectivity index (χ3n) is 3.60. The maximum atomic E-state index is 6.08. The van der Waals surface area contributed by atoms with E-state index in [1.165, 1.54) is 0 Å². The molecule has 0 radical (unpaired) electrons. The molecule has 0 spiro atoms. The van der Waals surface area contributed by atoms with Gasteiger partial charge >= 0.3 is 0 Å². The Labute approximate surface area is 121 Å². The van der Waals surface area contributed by atoms with Gasteiger partial charge in [-0.15, -0.1) is 0 Å². The molecule has 19 heavy (non-hydrogen) atoms. The Morgan fingerprint density at radius 3 is 2.68 bits per heavy atom. The van der Waals surface area contributed by atoms with Gasteiger partial charge in [-0.3, -0.25) is 0 Å². The van der Waals surface area contributed by atoms with Crippen LogP contribution in [0.4, 0.5) is 5.95 Å². The number of nitrogens with zero attached hydrogens (tertiary/aromatic N) is 2. The minimum atomic E-state index is 0.505. The number of nitrogens with two attached hydrogens (primary N) is 1. The van der Waals surface area contributed by atoms with E-state index in [0.29, 0.717) is 21.9 Å². The monoisotopic (exact) mass is 299 g/mol. The van der Waals surface area contributed by atoms with Crippen molar-refractivity contribution in [2.45, 2.75) is 19.4 Å². The molecular weight excluding hydrogens is 285 g/mol. The van der Waals surface area contributed by atoms with E-state index in [1.54, 1.807) is 6.07 Å². The minimum Gasteiger partial charge on any atom is -0.381 e. The highest BCUT2D eigenvalue weighted by atomic mass is 35.5. The lowest BCUT2D eigenvalue weighted by atomic mass is 10.0. The van der Waals surface area contributed by atoms with E-state index in [4.69, 9.17) is 33.7 Å². The molecule has 0 aliphatic carbocycles. The highest BCUT2D eigenvalue weighted by molar-refractivity contribution is 6.42. The van der Waals surface area contributed by atoms with Crippen LogP contribution in [0.5, 0.6) is 0 Å². The first-order valence-corrected chi connectivity index (χ1v) is 7.09. The first kappa shape index (κ1) is 13.0. The van der Waals surface area contributed by atoms with Gasteiger partial charge in [-0.2, -0.15) is 0 Å². The Kier molecular flexibility index (Phi) is 3.56. The molecule has 2 N–H and O–H groups in total. The van der Waals surface area contributed by atoms with Crippen LogP contribution in [0, 0.1) is 5.92 Å². The van der Waals surface area contributed by atoms with Crippen LogP contribution in [0.15, 0.2) is 12.1 Å². The van der Waals surface area contributed by atoms with Crippen LogP contribution in [0.2, 0.25) is 10.0 Å². The van der Waals surface area contributed by atoms with E-state index < -0.39 is 0 Å². The third-order valence-corrected chi connectivity index (χ3v) is 4.32. The molecule has 1 saturated heterocycles. The van der Waals surface area contributed by atoms with Crippen LogP contribution in [-0.2, 0) is 11.3 Å². The molecule has 0 bridgehead atoms. The fraction of sp³-hybridized carbons (Fsp3) is 0.462. The maximum absolute atomic E-state index is 6.08. The summed E-state index contributed by atoms with van der Waals surface area (Å²) in [6.45, 7) is 2.50. The zero-order chi connectivity index (χ0) is 13.4. The predicted octanol–water partition coefficient (Wildman–Crippen LogP) is 3.35. The zero-order valence-corrected chi connectivity index (χ0v) is 11.9. The van der Waals surface area contributed by atoms with Crippen molar-refractivity contribution in [3.05, 3.63) is 22.2 Å². The Bertz CT molecular complexity index is 605. The van der Waals surface area contributed by atoms with Gasteiger partial charge in [0.2, 0.25) is 5.95 Å². The summed E-state index contributed by atoms with van der Waals surface area (Å²) in [6, 6.07) is 3.60. The van der Waals surface area contributed by atoms with Crippen LogP contribution in [0.25, 0.3) is 11.0 Å². The van der Waals surface area contributed by atoms with Crippen molar-refractivity contribution in [3.8, 4) is 0 Å². The fourth-order valence-electron chi connectivity index (χ4n) is 2.52. The Hall–Kier alpha value is -0.970. The number of benzene rings is 1. The lowest BCUT2D eigenvalue weighted by Crippen LogP contribution is -2.21.